The molecule has 1 unspecified atom stereocenters. The second kappa shape index (κ2) is 7.79. The summed E-state index contributed by atoms with van der Waals surface area (Å²) >= 11 is 0. The standard InChI is InChI=1S/C22H20FN3O3/c1-28-17-10-16(11-18(12-17)29-2)25-21-20-19(4-3-9-24-20)22(27)26(21)13-14-5-7-15(23)8-6-14/h3-12,21,25H,13H2,1-2H3. The van der Waals surface area contributed by atoms with Crippen LogP contribution < -0.4 is 14.8 Å². The molecule has 29 heavy (non-hydrogen) atoms. The summed E-state index contributed by atoms with van der Waals surface area (Å²) in [6, 6.07) is 15.0. The molecule has 0 fully saturated rings. The van der Waals surface area contributed by atoms with Crippen LogP contribution in [0.15, 0.2) is 60.8 Å². The van der Waals surface area contributed by atoms with Gasteiger partial charge in [-0.15, -0.1) is 0 Å². The van der Waals surface area contributed by atoms with Crippen LogP contribution in [0.1, 0.15) is 27.8 Å². The quantitative estimate of drug-likeness (QED) is 0.686. The highest BCUT2D eigenvalue weighted by Crippen LogP contribution is 2.36. The number of hydrogen-bond donors (Lipinski definition) is 1. The van der Waals surface area contributed by atoms with E-state index in [1.165, 1.54) is 12.1 Å². The Kier molecular flexibility index (Phi) is 5.03. The average Bonchev–Trinajstić information content (AvgIpc) is 3.01. The molecule has 1 aliphatic rings. The van der Waals surface area contributed by atoms with Crippen LogP contribution in [-0.2, 0) is 6.54 Å². The largest absolute Gasteiger partial charge is 0.497 e. The number of rotatable bonds is 6. The summed E-state index contributed by atoms with van der Waals surface area (Å²) in [6.45, 7) is 0.314. The second-order valence-electron chi connectivity index (χ2n) is 6.64. The summed E-state index contributed by atoms with van der Waals surface area (Å²) in [5.74, 6) is 0.805. The lowest BCUT2D eigenvalue weighted by Crippen LogP contribution is -2.32. The molecule has 1 amide bonds. The summed E-state index contributed by atoms with van der Waals surface area (Å²) in [4.78, 5) is 19.1. The van der Waals surface area contributed by atoms with E-state index in [-0.39, 0.29) is 11.7 Å². The number of aromatic nitrogens is 1. The number of anilines is 1. The molecule has 1 aromatic heterocycles. The molecule has 1 aliphatic heterocycles. The molecule has 0 bridgehead atoms. The van der Waals surface area contributed by atoms with Crippen molar-refractivity contribution >= 4 is 11.6 Å². The van der Waals surface area contributed by atoms with Crippen molar-refractivity contribution in [2.75, 3.05) is 19.5 Å². The van der Waals surface area contributed by atoms with E-state index in [0.29, 0.717) is 29.3 Å². The van der Waals surface area contributed by atoms with Gasteiger partial charge in [-0.1, -0.05) is 12.1 Å². The molecule has 1 N–H and O–H groups in total. The summed E-state index contributed by atoms with van der Waals surface area (Å²) in [5.41, 5.74) is 2.73. The van der Waals surface area contributed by atoms with Gasteiger partial charge in [0.2, 0.25) is 0 Å². The van der Waals surface area contributed by atoms with Crippen LogP contribution in [0.25, 0.3) is 0 Å². The Morgan fingerprint density at radius 3 is 2.41 bits per heavy atom. The van der Waals surface area contributed by atoms with E-state index in [1.807, 2.05) is 12.1 Å². The maximum atomic E-state index is 13.3. The Bertz CT molecular complexity index is 1020. The Morgan fingerprint density at radius 2 is 1.76 bits per heavy atom. The third-order valence-electron chi connectivity index (χ3n) is 4.82. The fraction of sp³-hybridized carbons (Fsp3) is 0.182. The first-order valence-corrected chi connectivity index (χ1v) is 9.09. The van der Waals surface area contributed by atoms with Crippen molar-refractivity contribution in [3.8, 4) is 11.5 Å². The van der Waals surface area contributed by atoms with Gasteiger partial charge in [0, 0.05) is 36.6 Å². The number of halogens is 1. The van der Waals surface area contributed by atoms with Gasteiger partial charge in [-0.05, 0) is 29.8 Å². The van der Waals surface area contributed by atoms with Crippen LogP contribution in [-0.4, -0.2) is 30.0 Å². The Morgan fingerprint density at radius 1 is 1.07 bits per heavy atom. The molecule has 0 aliphatic carbocycles. The van der Waals surface area contributed by atoms with Crippen molar-refractivity contribution in [2.24, 2.45) is 0 Å². The van der Waals surface area contributed by atoms with Crippen LogP contribution in [0.2, 0.25) is 0 Å². The van der Waals surface area contributed by atoms with Gasteiger partial charge in [0.05, 0.1) is 25.5 Å². The van der Waals surface area contributed by atoms with Crippen LogP contribution >= 0.6 is 0 Å². The van der Waals surface area contributed by atoms with E-state index in [4.69, 9.17) is 9.47 Å². The second-order valence-corrected chi connectivity index (χ2v) is 6.64. The molecule has 2 aromatic carbocycles. The third-order valence-corrected chi connectivity index (χ3v) is 4.82. The van der Waals surface area contributed by atoms with Crippen LogP contribution in [0.4, 0.5) is 10.1 Å². The van der Waals surface area contributed by atoms with Gasteiger partial charge in [0.15, 0.2) is 0 Å². The molecule has 0 spiro atoms. The first-order chi connectivity index (χ1) is 14.1. The lowest BCUT2D eigenvalue weighted by Gasteiger charge is -2.27. The number of ether oxygens (including phenoxy) is 2. The van der Waals surface area contributed by atoms with E-state index < -0.39 is 6.17 Å². The minimum Gasteiger partial charge on any atom is -0.497 e. The number of pyridine rings is 1. The normalized spacial score (nSPS) is 15.2. The van der Waals surface area contributed by atoms with Gasteiger partial charge in [-0.25, -0.2) is 4.39 Å². The maximum absolute atomic E-state index is 13.3. The highest BCUT2D eigenvalue weighted by molar-refractivity contribution is 5.98. The van der Waals surface area contributed by atoms with Gasteiger partial charge in [-0.2, -0.15) is 0 Å². The van der Waals surface area contributed by atoms with Crippen LogP contribution in [0, 0.1) is 5.82 Å². The predicted octanol–water partition coefficient (Wildman–Crippen LogP) is 4.00. The SMILES string of the molecule is COc1cc(NC2c3ncccc3C(=O)N2Cc2ccc(F)cc2)cc(OC)c1. The number of carbonyl (C=O) groups excluding carboxylic acids is 1. The lowest BCUT2D eigenvalue weighted by molar-refractivity contribution is 0.0728. The number of hydrogen-bond acceptors (Lipinski definition) is 5. The molecule has 7 heteroatoms. The van der Waals surface area contributed by atoms with Gasteiger partial charge in [0.25, 0.3) is 5.91 Å². The molecule has 0 radical (unpaired) electrons. The summed E-state index contributed by atoms with van der Waals surface area (Å²) in [6.07, 6.45) is 1.18. The van der Waals surface area contributed by atoms with Crippen molar-refractivity contribution in [3.05, 3.63) is 83.4 Å². The Labute approximate surface area is 167 Å². The fourth-order valence-corrected chi connectivity index (χ4v) is 3.38. The van der Waals surface area contributed by atoms with E-state index >= 15 is 0 Å². The van der Waals surface area contributed by atoms with Crippen molar-refractivity contribution in [3.63, 3.8) is 0 Å². The van der Waals surface area contributed by atoms with Crippen LogP contribution in [0.3, 0.4) is 0 Å². The summed E-state index contributed by atoms with van der Waals surface area (Å²) < 4.78 is 23.9. The van der Waals surface area contributed by atoms with E-state index in [9.17, 15) is 9.18 Å². The maximum Gasteiger partial charge on any atom is 0.258 e. The predicted molar refractivity (Wildman–Crippen MR) is 106 cm³/mol. The summed E-state index contributed by atoms with van der Waals surface area (Å²) in [7, 11) is 3.16. The first-order valence-electron chi connectivity index (χ1n) is 9.09. The lowest BCUT2D eigenvalue weighted by atomic mass is 10.2. The molecular formula is C22H20FN3O3. The molecule has 2 heterocycles. The van der Waals surface area contributed by atoms with Gasteiger partial charge in [-0.3, -0.25) is 9.78 Å². The number of benzene rings is 2. The molecular weight excluding hydrogens is 373 g/mol. The number of amides is 1. The molecule has 0 saturated heterocycles. The topological polar surface area (TPSA) is 63.7 Å². The molecule has 0 saturated carbocycles. The highest BCUT2D eigenvalue weighted by Gasteiger charge is 2.38. The van der Waals surface area contributed by atoms with Crippen molar-refractivity contribution in [1.29, 1.82) is 0 Å². The zero-order valence-electron chi connectivity index (χ0n) is 16.1. The Balaban J connectivity index is 1.69. The third kappa shape index (κ3) is 3.71. The fourth-order valence-electron chi connectivity index (χ4n) is 3.38. The smallest absolute Gasteiger partial charge is 0.258 e. The van der Waals surface area contributed by atoms with Gasteiger partial charge < -0.3 is 19.7 Å². The number of methoxy groups -OCH3 is 2. The van der Waals surface area contributed by atoms with E-state index in [2.05, 4.69) is 10.3 Å². The van der Waals surface area contributed by atoms with Crippen molar-refractivity contribution < 1.29 is 18.7 Å². The molecule has 4 rings (SSSR count). The number of nitrogens with one attached hydrogen (secondary N) is 1. The minimum atomic E-state index is -0.486. The van der Waals surface area contributed by atoms with E-state index in [0.717, 1.165) is 11.3 Å². The zero-order chi connectivity index (χ0) is 20.4. The first kappa shape index (κ1) is 18.7. The number of fused-ring (bicyclic) bond motifs is 1. The average molecular weight is 393 g/mol. The van der Waals surface area contributed by atoms with Crippen LogP contribution in [0.5, 0.6) is 11.5 Å². The van der Waals surface area contributed by atoms with Crippen molar-refractivity contribution in [1.82, 2.24) is 9.88 Å². The molecule has 6 nitrogen and oxygen atoms in total. The molecule has 148 valence electrons. The number of nitrogens with zero attached hydrogens (tertiary/aromatic N) is 2. The summed E-state index contributed by atoms with van der Waals surface area (Å²) in [5, 5.41) is 3.37. The number of carbonyl (C=O) groups is 1. The highest BCUT2D eigenvalue weighted by atomic mass is 19.1. The van der Waals surface area contributed by atoms with E-state index in [1.54, 1.807) is 55.6 Å². The van der Waals surface area contributed by atoms with Crippen molar-refractivity contribution in [2.45, 2.75) is 12.7 Å². The molecule has 1 atom stereocenters. The zero-order valence-corrected chi connectivity index (χ0v) is 16.1. The molecule has 3 aromatic rings. The monoisotopic (exact) mass is 393 g/mol. The van der Waals surface area contributed by atoms with Gasteiger partial charge in [0.1, 0.15) is 23.5 Å². The Hall–Kier alpha value is -3.61. The minimum absolute atomic E-state index is 0.134. The van der Waals surface area contributed by atoms with Gasteiger partial charge >= 0.3 is 0 Å².